The van der Waals surface area contributed by atoms with E-state index in [9.17, 15) is 9.50 Å². The molecule has 0 bridgehead atoms. The highest BCUT2D eigenvalue weighted by Gasteiger charge is 2.39. The molecule has 8 heteroatoms. The van der Waals surface area contributed by atoms with Crippen molar-refractivity contribution < 1.29 is 9.50 Å². The molecule has 1 atom stereocenters. The Kier molecular flexibility index (Phi) is 4.49. The van der Waals surface area contributed by atoms with Crippen LogP contribution >= 0.6 is 0 Å². The van der Waals surface area contributed by atoms with Crippen LogP contribution in [-0.4, -0.2) is 43.2 Å². The van der Waals surface area contributed by atoms with E-state index in [1.807, 2.05) is 20.8 Å². The molecule has 1 N–H and O–H groups in total. The van der Waals surface area contributed by atoms with Gasteiger partial charge in [-0.05, 0) is 33.1 Å². The number of hydrogen-bond acceptors (Lipinski definition) is 6. The number of anilines is 1. The number of nitrogens with zero attached hydrogens (tertiary/aromatic N) is 6. The first kappa shape index (κ1) is 16.8. The van der Waals surface area contributed by atoms with Gasteiger partial charge in [-0.1, -0.05) is 12.1 Å². The van der Waals surface area contributed by atoms with Crippen LogP contribution in [0.3, 0.4) is 0 Å². The number of piperidine rings is 1. The van der Waals surface area contributed by atoms with E-state index in [1.54, 1.807) is 15.8 Å². The SMILES string of the molecule is CCc1ncnc(N2CCC[C@@](O)(c3cn(C(C)C)nn3)C2)c1F. The third-order valence-corrected chi connectivity index (χ3v) is 4.46. The van der Waals surface area contributed by atoms with Crippen molar-refractivity contribution in [3.05, 3.63) is 29.7 Å². The van der Waals surface area contributed by atoms with E-state index in [-0.39, 0.29) is 18.4 Å². The first-order chi connectivity index (χ1) is 11.4. The van der Waals surface area contributed by atoms with Gasteiger partial charge in [-0.2, -0.15) is 0 Å². The maximum absolute atomic E-state index is 14.5. The molecule has 1 aliphatic heterocycles. The van der Waals surface area contributed by atoms with Crippen molar-refractivity contribution in [1.29, 1.82) is 0 Å². The fourth-order valence-corrected chi connectivity index (χ4v) is 3.03. The van der Waals surface area contributed by atoms with Crippen LogP contribution in [0.25, 0.3) is 0 Å². The smallest absolute Gasteiger partial charge is 0.187 e. The number of aromatic nitrogens is 5. The average Bonchev–Trinajstić information content (AvgIpc) is 3.06. The maximum atomic E-state index is 14.5. The number of aliphatic hydroxyl groups is 1. The fraction of sp³-hybridized carbons (Fsp3) is 0.625. The van der Waals surface area contributed by atoms with Crippen LogP contribution < -0.4 is 4.90 Å². The van der Waals surface area contributed by atoms with E-state index in [0.29, 0.717) is 30.8 Å². The minimum Gasteiger partial charge on any atom is -0.382 e. The highest BCUT2D eigenvalue weighted by molar-refractivity contribution is 5.42. The molecule has 0 spiro atoms. The van der Waals surface area contributed by atoms with Crippen molar-refractivity contribution in [3.8, 4) is 0 Å². The normalized spacial score (nSPS) is 21.5. The summed E-state index contributed by atoms with van der Waals surface area (Å²) in [7, 11) is 0. The lowest BCUT2D eigenvalue weighted by Crippen LogP contribution is -2.47. The van der Waals surface area contributed by atoms with E-state index in [0.717, 1.165) is 6.42 Å². The molecule has 7 nitrogen and oxygen atoms in total. The van der Waals surface area contributed by atoms with Crippen LogP contribution in [0, 0.1) is 5.82 Å². The Morgan fingerprint density at radius 3 is 2.83 bits per heavy atom. The molecule has 0 saturated carbocycles. The van der Waals surface area contributed by atoms with Crippen molar-refractivity contribution in [2.75, 3.05) is 18.0 Å². The van der Waals surface area contributed by atoms with E-state index >= 15 is 0 Å². The van der Waals surface area contributed by atoms with Crippen LogP contribution in [0.2, 0.25) is 0 Å². The summed E-state index contributed by atoms with van der Waals surface area (Å²) in [5.74, 6) is -0.161. The van der Waals surface area contributed by atoms with E-state index in [4.69, 9.17) is 0 Å². The molecule has 24 heavy (non-hydrogen) atoms. The number of rotatable bonds is 4. The molecule has 0 unspecified atom stereocenters. The monoisotopic (exact) mass is 334 g/mol. The fourth-order valence-electron chi connectivity index (χ4n) is 3.03. The van der Waals surface area contributed by atoms with E-state index < -0.39 is 11.4 Å². The molecule has 0 amide bonds. The Morgan fingerprint density at radius 1 is 1.38 bits per heavy atom. The van der Waals surface area contributed by atoms with Gasteiger partial charge in [-0.25, -0.2) is 19.0 Å². The number of β-amino-alcohol motifs (C(OH)–C–C–N with tert-alkyl or cyclic N) is 1. The summed E-state index contributed by atoms with van der Waals surface area (Å²) in [4.78, 5) is 9.83. The first-order valence-corrected chi connectivity index (χ1v) is 8.33. The lowest BCUT2D eigenvalue weighted by molar-refractivity contribution is 0.0172. The third-order valence-electron chi connectivity index (χ3n) is 4.46. The van der Waals surface area contributed by atoms with Gasteiger partial charge in [0.2, 0.25) is 0 Å². The molecular formula is C16H23FN6O. The second kappa shape index (κ2) is 6.43. The lowest BCUT2D eigenvalue weighted by Gasteiger charge is -2.38. The quantitative estimate of drug-likeness (QED) is 0.919. The zero-order valence-corrected chi connectivity index (χ0v) is 14.3. The molecule has 1 fully saturated rings. The molecule has 0 aliphatic carbocycles. The standard InChI is InChI=1S/C16H23FN6O/c1-4-12-14(17)15(19-10-18-12)22-7-5-6-16(24,9-22)13-8-23(11(2)3)21-20-13/h8,10-11,24H,4-7,9H2,1-3H3/t16-/m0/s1. The Balaban J connectivity index is 1.88. The van der Waals surface area contributed by atoms with Crippen LogP contribution in [-0.2, 0) is 12.0 Å². The molecule has 2 aromatic rings. The average molecular weight is 334 g/mol. The second-order valence-electron chi connectivity index (χ2n) is 6.55. The molecule has 2 aromatic heterocycles. The largest absolute Gasteiger partial charge is 0.382 e. The Morgan fingerprint density at radius 2 is 2.17 bits per heavy atom. The summed E-state index contributed by atoms with van der Waals surface area (Å²) in [5.41, 5.74) is -0.249. The zero-order chi connectivity index (χ0) is 17.3. The predicted molar refractivity (Wildman–Crippen MR) is 87.1 cm³/mol. The predicted octanol–water partition coefficient (Wildman–Crippen LogP) is 1.84. The van der Waals surface area contributed by atoms with Crippen molar-refractivity contribution in [2.24, 2.45) is 0 Å². The van der Waals surface area contributed by atoms with Crippen LogP contribution in [0.5, 0.6) is 0 Å². The summed E-state index contributed by atoms with van der Waals surface area (Å²) >= 11 is 0. The van der Waals surface area contributed by atoms with Gasteiger partial charge in [0.05, 0.1) is 18.4 Å². The van der Waals surface area contributed by atoms with Gasteiger partial charge in [0, 0.05) is 12.6 Å². The maximum Gasteiger partial charge on any atom is 0.187 e. The molecule has 0 radical (unpaired) electrons. The van der Waals surface area contributed by atoms with Gasteiger partial charge < -0.3 is 10.0 Å². The molecule has 0 aromatic carbocycles. The number of halogens is 1. The number of aryl methyl sites for hydroxylation is 1. The molecular weight excluding hydrogens is 311 g/mol. The Labute approximate surface area is 140 Å². The lowest BCUT2D eigenvalue weighted by atomic mass is 9.90. The van der Waals surface area contributed by atoms with Crippen LogP contribution in [0.1, 0.15) is 51.0 Å². The van der Waals surface area contributed by atoms with E-state index in [2.05, 4.69) is 20.3 Å². The van der Waals surface area contributed by atoms with Crippen molar-refractivity contribution in [1.82, 2.24) is 25.0 Å². The number of hydrogen-bond donors (Lipinski definition) is 1. The van der Waals surface area contributed by atoms with Crippen molar-refractivity contribution in [2.45, 2.75) is 51.7 Å². The molecule has 1 saturated heterocycles. The van der Waals surface area contributed by atoms with E-state index in [1.165, 1.54) is 6.33 Å². The van der Waals surface area contributed by atoms with Gasteiger partial charge in [0.1, 0.15) is 17.6 Å². The van der Waals surface area contributed by atoms with Gasteiger partial charge >= 0.3 is 0 Å². The highest BCUT2D eigenvalue weighted by atomic mass is 19.1. The van der Waals surface area contributed by atoms with Gasteiger partial charge in [-0.3, -0.25) is 0 Å². The molecule has 3 heterocycles. The summed E-state index contributed by atoms with van der Waals surface area (Å²) in [6.07, 6.45) is 4.92. The Hall–Kier alpha value is -2.09. The topological polar surface area (TPSA) is 80.0 Å². The summed E-state index contributed by atoms with van der Waals surface area (Å²) in [6.45, 7) is 6.72. The minimum absolute atomic E-state index is 0.168. The highest BCUT2D eigenvalue weighted by Crippen LogP contribution is 2.33. The van der Waals surface area contributed by atoms with Gasteiger partial charge in [0.15, 0.2) is 11.6 Å². The molecule has 130 valence electrons. The minimum atomic E-state index is -1.16. The zero-order valence-electron chi connectivity index (χ0n) is 14.3. The Bertz CT molecular complexity index is 718. The van der Waals surface area contributed by atoms with Crippen LogP contribution in [0.4, 0.5) is 10.2 Å². The molecule has 1 aliphatic rings. The third kappa shape index (κ3) is 2.98. The van der Waals surface area contributed by atoms with Crippen LogP contribution in [0.15, 0.2) is 12.5 Å². The van der Waals surface area contributed by atoms with Crippen molar-refractivity contribution >= 4 is 5.82 Å². The summed E-state index contributed by atoms with van der Waals surface area (Å²) in [6, 6.07) is 0.168. The second-order valence-corrected chi connectivity index (χ2v) is 6.55. The molecule has 3 rings (SSSR count). The summed E-state index contributed by atoms with van der Waals surface area (Å²) in [5, 5.41) is 19.3. The first-order valence-electron chi connectivity index (χ1n) is 8.33. The van der Waals surface area contributed by atoms with Gasteiger partial charge in [-0.15, -0.1) is 5.10 Å². The van der Waals surface area contributed by atoms with Gasteiger partial charge in [0.25, 0.3) is 0 Å². The summed E-state index contributed by atoms with van der Waals surface area (Å²) < 4.78 is 16.3. The van der Waals surface area contributed by atoms with Crippen molar-refractivity contribution in [3.63, 3.8) is 0 Å².